The van der Waals surface area contributed by atoms with E-state index in [0.29, 0.717) is 0 Å². The molecule has 0 radical (unpaired) electrons. The monoisotopic (exact) mass is 338 g/mol. The van der Waals surface area contributed by atoms with E-state index in [1.807, 2.05) is 29.1 Å². The molecule has 2 nitrogen and oxygen atoms in total. The third-order valence-electron chi connectivity index (χ3n) is 2.63. The number of nitrogens with zero attached hydrogens (tertiary/aromatic N) is 2. The maximum atomic E-state index is 12.9. The van der Waals surface area contributed by atoms with Gasteiger partial charge in [-0.15, -0.1) is 0 Å². The first kappa shape index (κ1) is 10.7. The maximum Gasteiger partial charge on any atom is 0.123 e. The van der Waals surface area contributed by atoms with E-state index in [4.69, 9.17) is 0 Å². The third kappa shape index (κ3) is 1.82. The third-order valence-corrected chi connectivity index (χ3v) is 3.57. The van der Waals surface area contributed by atoms with E-state index in [9.17, 15) is 4.39 Å². The summed E-state index contributed by atoms with van der Waals surface area (Å²) in [5.74, 6) is -0.236. The fraction of sp³-hybridized carbons (Fsp3) is 0. The predicted molar refractivity (Wildman–Crippen MR) is 73.7 cm³/mol. The van der Waals surface area contributed by atoms with Crippen LogP contribution in [-0.2, 0) is 0 Å². The molecule has 0 saturated heterocycles. The van der Waals surface area contributed by atoms with E-state index < -0.39 is 0 Å². The zero-order valence-electron chi connectivity index (χ0n) is 8.77. The molecule has 84 valence electrons. The van der Waals surface area contributed by atoms with Crippen molar-refractivity contribution in [2.45, 2.75) is 0 Å². The Balaban J connectivity index is 2.24. The van der Waals surface area contributed by atoms with Crippen molar-refractivity contribution >= 4 is 33.5 Å². The summed E-state index contributed by atoms with van der Waals surface area (Å²) in [5.41, 5.74) is 1.90. The van der Waals surface area contributed by atoms with Crippen LogP contribution in [0.2, 0.25) is 0 Å². The molecule has 0 saturated carbocycles. The lowest BCUT2D eigenvalue weighted by Gasteiger charge is -2.03. The molecule has 0 aliphatic carbocycles. The first-order valence-corrected chi connectivity index (χ1v) is 6.22. The number of hydrogen-bond acceptors (Lipinski definition) is 1. The number of aromatic nitrogens is 2. The minimum atomic E-state index is -0.236. The van der Waals surface area contributed by atoms with E-state index in [1.54, 1.807) is 12.1 Å². The quantitative estimate of drug-likeness (QED) is 0.618. The van der Waals surface area contributed by atoms with Crippen molar-refractivity contribution < 1.29 is 4.39 Å². The molecular weight excluding hydrogens is 330 g/mol. The summed E-state index contributed by atoms with van der Waals surface area (Å²) in [6.07, 6.45) is 1.83. The Kier molecular flexibility index (Phi) is 2.58. The molecule has 4 heteroatoms. The van der Waals surface area contributed by atoms with E-state index >= 15 is 0 Å². The number of fused-ring (bicyclic) bond motifs is 1. The molecule has 2 aromatic carbocycles. The van der Waals surface area contributed by atoms with Crippen LogP contribution in [0.5, 0.6) is 0 Å². The van der Waals surface area contributed by atoms with E-state index in [1.165, 1.54) is 12.1 Å². The second kappa shape index (κ2) is 4.10. The lowest BCUT2D eigenvalue weighted by Crippen LogP contribution is -1.95. The largest absolute Gasteiger partial charge is 0.233 e. The predicted octanol–water partition coefficient (Wildman–Crippen LogP) is 3.77. The average Bonchev–Trinajstić information content (AvgIpc) is 2.75. The molecule has 0 N–H and O–H groups in total. The fourth-order valence-corrected chi connectivity index (χ4v) is 2.43. The van der Waals surface area contributed by atoms with Gasteiger partial charge in [0.15, 0.2) is 0 Å². The molecule has 0 spiro atoms. The minimum Gasteiger partial charge on any atom is -0.233 e. The van der Waals surface area contributed by atoms with Gasteiger partial charge >= 0.3 is 0 Å². The molecular formula is C13H8FIN2. The van der Waals surface area contributed by atoms with Gasteiger partial charge < -0.3 is 0 Å². The van der Waals surface area contributed by atoms with E-state index in [-0.39, 0.29) is 5.82 Å². The van der Waals surface area contributed by atoms with Gasteiger partial charge in [-0.3, -0.25) is 0 Å². The van der Waals surface area contributed by atoms with Crippen molar-refractivity contribution in [3.8, 4) is 5.69 Å². The van der Waals surface area contributed by atoms with Crippen LogP contribution in [0.25, 0.3) is 16.6 Å². The van der Waals surface area contributed by atoms with Crippen molar-refractivity contribution in [3.05, 3.63) is 58.0 Å². The first-order valence-electron chi connectivity index (χ1n) is 5.14. The highest BCUT2D eigenvalue weighted by Gasteiger charge is 2.06. The Morgan fingerprint density at radius 2 is 1.82 bits per heavy atom. The van der Waals surface area contributed by atoms with Gasteiger partial charge in [0.25, 0.3) is 0 Å². The van der Waals surface area contributed by atoms with Crippen LogP contribution in [-0.4, -0.2) is 9.78 Å². The topological polar surface area (TPSA) is 17.8 Å². The number of rotatable bonds is 1. The summed E-state index contributed by atoms with van der Waals surface area (Å²) < 4.78 is 15.9. The van der Waals surface area contributed by atoms with Gasteiger partial charge in [0.2, 0.25) is 0 Å². The van der Waals surface area contributed by atoms with Crippen LogP contribution in [0.3, 0.4) is 0 Å². The lowest BCUT2D eigenvalue weighted by molar-refractivity contribution is 0.627. The minimum absolute atomic E-state index is 0.236. The van der Waals surface area contributed by atoms with Crippen LogP contribution < -0.4 is 0 Å². The van der Waals surface area contributed by atoms with Gasteiger partial charge in [0.1, 0.15) is 5.82 Å². The van der Waals surface area contributed by atoms with Crippen LogP contribution in [0.1, 0.15) is 0 Å². The van der Waals surface area contributed by atoms with Crippen LogP contribution >= 0.6 is 22.6 Å². The van der Waals surface area contributed by atoms with Crippen molar-refractivity contribution in [1.82, 2.24) is 9.78 Å². The second-order valence-electron chi connectivity index (χ2n) is 3.71. The molecule has 3 rings (SSSR count). The normalized spacial score (nSPS) is 10.9. The molecule has 1 aromatic heterocycles. The van der Waals surface area contributed by atoms with Gasteiger partial charge in [0.05, 0.1) is 17.4 Å². The van der Waals surface area contributed by atoms with Gasteiger partial charge in [0, 0.05) is 8.96 Å². The standard InChI is InChI=1S/C13H8FIN2/c14-9-4-6-10(7-5-9)17-13-3-1-2-12(15)11(13)8-16-17/h1-8H. The van der Waals surface area contributed by atoms with Gasteiger partial charge in [-0.25, -0.2) is 9.07 Å². The zero-order valence-corrected chi connectivity index (χ0v) is 10.9. The first-order chi connectivity index (χ1) is 8.25. The fourth-order valence-electron chi connectivity index (χ4n) is 1.80. The molecule has 0 bridgehead atoms. The highest BCUT2D eigenvalue weighted by Crippen LogP contribution is 2.22. The van der Waals surface area contributed by atoms with Gasteiger partial charge in [-0.2, -0.15) is 5.10 Å². The maximum absolute atomic E-state index is 12.9. The molecule has 17 heavy (non-hydrogen) atoms. The highest BCUT2D eigenvalue weighted by atomic mass is 127. The number of benzene rings is 2. The Hall–Kier alpha value is -1.43. The number of hydrogen-bond donors (Lipinski definition) is 0. The van der Waals surface area contributed by atoms with Crippen molar-refractivity contribution in [2.75, 3.05) is 0 Å². The van der Waals surface area contributed by atoms with Crippen molar-refractivity contribution in [2.24, 2.45) is 0 Å². The van der Waals surface area contributed by atoms with Gasteiger partial charge in [-0.05, 0) is 59.0 Å². The highest BCUT2D eigenvalue weighted by molar-refractivity contribution is 14.1. The second-order valence-corrected chi connectivity index (χ2v) is 4.87. The van der Waals surface area contributed by atoms with Crippen molar-refractivity contribution in [3.63, 3.8) is 0 Å². The summed E-state index contributed by atoms with van der Waals surface area (Å²) in [7, 11) is 0. The Labute approximate surface area is 111 Å². The van der Waals surface area contributed by atoms with Crippen LogP contribution in [0.4, 0.5) is 4.39 Å². The summed E-state index contributed by atoms with van der Waals surface area (Å²) in [6, 6.07) is 12.4. The molecule has 0 fully saturated rings. The molecule has 0 unspecified atom stereocenters. The Bertz CT molecular complexity index is 673. The number of halogens is 2. The Morgan fingerprint density at radius 3 is 2.59 bits per heavy atom. The zero-order chi connectivity index (χ0) is 11.8. The SMILES string of the molecule is Fc1ccc(-n2ncc3c(I)cccc32)cc1. The van der Waals surface area contributed by atoms with Crippen molar-refractivity contribution in [1.29, 1.82) is 0 Å². The van der Waals surface area contributed by atoms with E-state index in [0.717, 1.165) is 20.2 Å². The molecule has 3 aromatic rings. The van der Waals surface area contributed by atoms with Crippen LogP contribution in [0.15, 0.2) is 48.7 Å². The molecule has 0 aliphatic heterocycles. The molecule has 0 atom stereocenters. The summed E-state index contributed by atoms with van der Waals surface area (Å²) in [5, 5.41) is 5.45. The molecule has 0 amide bonds. The smallest absolute Gasteiger partial charge is 0.123 e. The van der Waals surface area contributed by atoms with Crippen LogP contribution in [0, 0.1) is 9.39 Å². The lowest BCUT2D eigenvalue weighted by atomic mass is 10.2. The average molecular weight is 338 g/mol. The molecule has 0 aliphatic rings. The summed E-state index contributed by atoms with van der Waals surface area (Å²) >= 11 is 2.28. The Morgan fingerprint density at radius 1 is 1.06 bits per heavy atom. The molecule has 1 heterocycles. The van der Waals surface area contributed by atoms with E-state index in [2.05, 4.69) is 27.7 Å². The summed E-state index contributed by atoms with van der Waals surface area (Å²) in [6.45, 7) is 0. The summed E-state index contributed by atoms with van der Waals surface area (Å²) in [4.78, 5) is 0. The van der Waals surface area contributed by atoms with Gasteiger partial charge in [-0.1, -0.05) is 6.07 Å².